The maximum atomic E-state index is 12.1. The first-order chi connectivity index (χ1) is 13.9. The van der Waals surface area contributed by atoms with Gasteiger partial charge in [0.05, 0.1) is 6.61 Å². The fourth-order valence-electron chi connectivity index (χ4n) is 2.38. The van der Waals surface area contributed by atoms with E-state index in [1.54, 1.807) is 42.5 Å². The van der Waals surface area contributed by atoms with Crippen LogP contribution in [0.5, 0.6) is 5.75 Å². The third-order valence-electron chi connectivity index (χ3n) is 3.91. The van der Waals surface area contributed by atoms with E-state index in [1.807, 2.05) is 13.0 Å². The van der Waals surface area contributed by atoms with Crippen LogP contribution in [0, 0.1) is 0 Å². The Balaban J connectivity index is 1.75. The van der Waals surface area contributed by atoms with Crippen molar-refractivity contribution in [1.82, 2.24) is 10.6 Å². The van der Waals surface area contributed by atoms with Gasteiger partial charge in [-0.15, -0.1) is 0 Å². The predicted molar refractivity (Wildman–Crippen MR) is 109 cm³/mol. The topological polar surface area (TPSA) is 93.7 Å². The highest BCUT2D eigenvalue weighted by molar-refractivity contribution is 6.31. The van der Waals surface area contributed by atoms with Gasteiger partial charge in [-0.2, -0.15) is 0 Å². The van der Waals surface area contributed by atoms with Gasteiger partial charge in [0.2, 0.25) is 0 Å². The molecule has 0 saturated carbocycles. The number of hydrogen-bond acceptors (Lipinski definition) is 5. The lowest BCUT2D eigenvalue weighted by molar-refractivity contribution is -0.153. The molecular formula is C21H23ClN2O5. The number of amides is 2. The zero-order chi connectivity index (χ0) is 21.2. The monoisotopic (exact) mass is 418 g/mol. The van der Waals surface area contributed by atoms with Crippen molar-refractivity contribution < 1.29 is 23.9 Å². The Labute approximate surface area is 174 Å². The molecule has 2 rings (SSSR count). The molecule has 0 bridgehead atoms. The highest BCUT2D eigenvalue weighted by Gasteiger charge is 2.18. The molecule has 0 radical (unpaired) electrons. The van der Waals surface area contributed by atoms with Gasteiger partial charge in [-0.1, -0.05) is 29.8 Å². The maximum Gasteiger partial charge on any atom is 0.326 e. The van der Waals surface area contributed by atoms with Crippen LogP contribution in [0.1, 0.15) is 29.8 Å². The second-order valence-corrected chi connectivity index (χ2v) is 6.49. The van der Waals surface area contributed by atoms with Crippen LogP contribution in [0.3, 0.4) is 0 Å². The largest absolute Gasteiger partial charge is 0.494 e. The number of benzene rings is 2. The van der Waals surface area contributed by atoms with Crippen LogP contribution >= 0.6 is 11.6 Å². The Bertz CT molecular complexity index is 854. The minimum Gasteiger partial charge on any atom is -0.494 e. The minimum atomic E-state index is -1.01. The number of esters is 1. The summed E-state index contributed by atoms with van der Waals surface area (Å²) in [6, 6.07) is 13.6. The summed E-state index contributed by atoms with van der Waals surface area (Å²) in [5, 5.41) is 5.64. The van der Waals surface area contributed by atoms with Crippen LogP contribution in [0.4, 0.5) is 0 Å². The number of halogens is 1. The molecule has 7 nitrogen and oxygen atoms in total. The molecule has 2 N–H and O–H groups in total. The van der Waals surface area contributed by atoms with Crippen molar-refractivity contribution in [1.29, 1.82) is 0 Å². The number of ether oxygens (including phenoxy) is 2. The Morgan fingerprint density at radius 3 is 2.38 bits per heavy atom. The summed E-state index contributed by atoms with van der Waals surface area (Å²) >= 11 is 6.03. The lowest BCUT2D eigenvalue weighted by Crippen LogP contribution is -2.38. The van der Waals surface area contributed by atoms with E-state index >= 15 is 0 Å². The van der Waals surface area contributed by atoms with Crippen LogP contribution in [0.2, 0.25) is 5.02 Å². The molecule has 2 amide bonds. The van der Waals surface area contributed by atoms with Crippen LogP contribution in [0.25, 0.3) is 0 Å². The molecule has 0 spiro atoms. The first kappa shape index (κ1) is 22.2. The highest BCUT2D eigenvalue weighted by Crippen LogP contribution is 2.14. The van der Waals surface area contributed by atoms with Gasteiger partial charge in [-0.25, -0.2) is 0 Å². The molecule has 0 heterocycles. The molecule has 0 aliphatic rings. The van der Waals surface area contributed by atoms with Crippen molar-refractivity contribution in [2.24, 2.45) is 0 Å². The van der Waals surface area contributed by atoms with Gasteiger partial charge < -0.3 is 20.1 Å². The zero-order valence-corrected chi connectivity index (χ0v) is 17.0. The zero-order valence-electron chi connectivity index (χ0n) is 16.2. The molecule has 0 aromatic heterocycles. The van der Waals surface area contributed by atoms with Crippen molar-refractivity contribution in [3.8, 4) is 5.75 Å². The Hall–Kier alpha value is -3.06. The second kappa shape index (κ2) is 11.1. The van der Waals surface area contributed by atoms with Crippen molar-refractivity contribution in [2.75, 3.05) is 13.2 Å². The second-order valence-electron chi connectivity index (χ2n) is 6.08. The van der Waals surface area contributed by atoms with E-state index in [9.17, 15) is 14.4 Å². The fraction of sp³-hybridized carbons (Fsp3) is 0.286. The first-order valence-corrected chi connectivity index (χ1v) is 9.50. The Morgan fingerprint density at radius 2 is 1.72 bits per heavy atom. The lowest BCUT2D eigenvalue weighted by Gasteiger charge is -2.14. The fourth-order valence-corrected chi connectivity index (χ4v) is 2.59. The standard InChI is InChI=1S/C21H23ClN2O5/c1-3-28-17-10-8-15(9-11-17)21(27)24-13-19(25)29-14(2)20(26)23-12-16-6-4-5-7-18(16)22/h4-11,14H,3,12-13H2,1-2H3,(H,23,26)(H,24,27)/t14-/m0/s1. The minimum absolute atomic E-state index is 0.217. The summed E-state index contributed by atoms with van der Waals surface area (Å²) in [6.45, 7) is 3.71. The molecule has 0 fully saturated rings. The van der Waals surface area contributed by atoms with Gasteiger partial charge in [0.15, 0.2) is 6.10 Å². The van der Waals surface area contributed by atoms with E-state index in [1.165, 1.54) is 6.92 Å². The summed E-state index contributed by atoms with van der Waals surface area (Å²) in [6.07, 6.45) is -1.01. The number of hydrogen-bond donors (Lipinski definition) is 2. The number of rotatable bonds is 9. The van der Waals surface area contributed by atoms with E-state index in [0.717, 1.165) is 5.56 Å². The molecule has 0 unspecified atom stereocenters. The maximum absolute atomic E-state index is 12.1. The Morgan fingerprint density at radius 1 is 1.03 bits per heavy atom. The summed E-state index contributed by atoms with van der Waals surface area (Å²) < 4.78 is 10.4. The average Bonchev–Trinajstić information content (AvgIpc) is 2.72. The SMILES string of the molecule is CCOc1ccc(C(=O)NCC(=O)O[C@@H](C)C(=O)NCc2ccccc2Cl)cc1. The lowest BCUT2D eigenvalue weighted by atomic mass is 10.2. The van der Waals surface area contributed by atoms with Crippen LogP contribution in [0.15, 0.2) is 48.5 Å². The molecule has 29 heavy (non-hydrogen) atoms. The number of nitrogens with one attached hydrogen (secondary N) is 2. The van der Waals surface area contributed by atoms with Gasteiger partial charge in [-0.3, -0.25) is 14.4 Å². The van der Waals surface area contributed by atoms with E-state index in [-0.39, 0.29) is 13.1 Å². The van der Waals surface area contributed by atoms with Crippen LogP contribution < -0.4 is 15.4 Å². The molecule has 0 aliphatic carbocycles. The van der Waals surface area contributed by atoms with Gasteiger partial charge >= 0.3 is 5.97 Å². The van der Waals surface area contributed by atoms with Crippen molar-refractivity contribution >= 4 is 29.4 Å². The van der Waals surface area contributed by atoms with Gasteiger partial charge in [-0.05, 0) is 49.7 Å². The smallest absolute Gasteiger partial charge is 0.326 e. The molecule has 8 heteroatoms. The summed E-state index contributed by atoms with van der Waals surface area (Å²) in [4.78, 5) is 36.1. The summed E-state index contributed by atoms with van der Waals surface area (Å²) in [7, 11) is 0. The molecule has 0 aliphatic heterocycles. The number of carbonyl (C=O) groups excluding carboxylic acids is 3. The molecule has 1 atom stereocenters. The molecule has 154 valence electrons. The van der Waals surface area contributed by atoms with Crippen LogP contribution in [-0.4, -0.2) is 37.0 Å². The van der Waals surface area contributed by atoms with Crippen LogP contribution in [-0.2, 0) is 20.9 Å². The van der Waals surface area contributed by atoms with E-state index in [2.05, 4.69) is 10.6 Å². The first-order valence-electron chi connectivity index (χ1n) is 9.12. The predicted octanol–water partition coefficient (Wildman–Crippen LogP) is 2.72. The summed E-state index contributed by atoms with van der Waals surface area (Å²) in [5.74, 6) is -0.957. The van der Waals surface area contributed by atoms with Gasteiger partial charge in [0, 0.05) is 17.1 Å². The molecule has 2 aromatic carbocycles. The van der Waals surface area contributed by atoms with Crippen molar-refractivity contribution in [3.63, 3.8) is 0 Å². The van der Waals surface area contributed by atoms with Gasteiger partial charge in [0.1, 0.15) is 12.3 Å². The van der Waals surface area contributed by atoms with E-state index < -0.39 is 23.9 Å². The average molecular weight is 419 g/mol. The third kappa shape index (κ3) is 7.12. The molecular weight excluding hydrogens is 396 g/mol. The van der Waals surface area contributed by atoms with Gasteiger partial charge in [0.25, 0.3) is 11.8 Å². The summed E-state index contributed by atoms with van der Waals surface area (Å²) in [5.41, 5.74) is 1.13. The van der Waals surface area contributed by atoms with E-state index in [4.69, 9.17) is 21.1 Å². The highest BCUT2D eigenvalue weighted by atomic mass is 35.5. The van der Waals surface area contributed by atoms with Crippen molar-refractivity contribution in [3.05, 3.63) is 64.7 Å². The molecule has 2 aromatic rings. The molecule has 0 saturated heterocycles. The normalized spacial score (nSPS) is 11.3. The number of carbonyl (C=O) groups is 3. The Kier molecular flexibility index (Phi) is 8.48. The van der Waals surface area contributed by atoms with Crippen molar-refractivity contribution in [2.45, 2.75) is 26.5 Å². The third-order valence-corrected chi connectivity index (χ3v) is 4.28. The quantitative estimate of drug-likeness (QED) is 0.611. The van der Waals surface area contributed by atoms with E-state index in [0.29, 0.717) is 22.9 Å².